The number of nitrogens with zero attached hydrogens (tertiary/aromatic N) is 2. The molecule has 1 fully saturated rings. The lowest BCUT2D eigenvalue weighted by Gasteiger charge is -2.15. The van der Waals surface area contributed by atoms with E-state index < -0.39 is 5.91 Å². The third kappa shape index (κ3) is 4.37. The number of thiazole rings is 1. The number of hydrogen-bond acceptors (Lipinski definition) is 4. The largest absolute Gasteiger partial charge is 0.507 e. The minimum Gasteiger partial charge on any atom is -0.507 e. The van der Waals surface area contributed by atoms with E-state index in [1.165, 1.54) is 29.5 Å². The van der Waals surface area contributed by atoms with Crippen LogP contribution in [0.2, 0.25) is 5.02 Å². The molecule has 2 aromatic rings. The summed E-state index contributed by atoms with van der Waals surface area (Å²) < 4.78 is 7.72. The zero-order valence-corrected chi connectivity index (χ0v) is 16.7. The molecule has 1 aromatic carbocycles. The predicted molar refractivity (Wildman–Crippen MR) is 103 cm³/mol. The first-order chi connectivity index (χ1) is 12.2. The summed E-state index contributed by atoms with van der Waals surface area (Å²) in [7, 11) is 0. The molecule has 1 saturated heterocycles. The molecule has 1 amide bonds. The highest BCUT2D eigenvalue weighted by molar-refractivity contribution is 7.09. The number of carbonyl (C=O) groups is 1. The number of rotatable bonds is 3. The number of benzene rings is 1. The molecule has 1 aliphatic heterocycles. The van der Waals surface area contributed by atoms with Crippen molar-refractivity contribution < 1.29 is 14.6 Å². The van der Waals surface area contributed by atoms with E-state index in [0.29, 0.717) is 16.4 Å². The summed E-state index contributed by atoms with van der Waals surface area (Å²) in [5.41, 5.74) is 0.0599. The van der Waals surface area contributed by atoms with Crippen molar-refractivity contribution in [2.75, 3.05) is 6.61 Å². The molecule has 1 N–H and O–H groups in total. The van der Waals surface area contributed by atoms with Crippen LogP contribution in [0.3, 0.4) is 0 Å². The first-order valence-corrected chi connectivity index (χ1v) is 9.83. The van der Waals surface area contributed by atoms with Gasteiger partial charge in [-0.15, -0.1) is 11.3 Å². The Bertz CT molecular complexity index is 874. The van der Waals surface area contributed by atoms with E-state index in [0.717, 1.165) is 24.3 Å². The van der Waals surface area contributed by atoms with Crippen LogP contribution in [0.25, 0.3) is 0 Å². The third-order valence-electron chi connectivity index (χ3n) is 4.27. The molecular weight excluding hydrogens is 372 g/mol. The van der Waals surface area contributed by atoms with Gasteiger partial charge < -0.3 is 14.4 Å². The fourth-order valence-electron chi connectivity index (χ4n) is 2.78. The lowest BCUT2D eigenvalue weighted by molar-refractivity contribution is 0.0948. The van der Waals surface area contributed by atoms with Crippen LogP contribution in [-0.4, -0.2) is 28.3 Å². The Morgan fingerprint density at radius 1 is 1.46 bits per heavy atom. The fourth-order valence-corrected chi connectivity index (χ4v) is 4.01. The van der Waals surface area contributed by atoms with Crippen molar-refractivity contribution in [1.82, 2.24) is 4.57 Å². The molecule has 1 aliphatic rings. The van der Waals surface area contributed by atoms with Crippen molar-refractivity contribution in [2.45, 2.75) is 51.7 Å². The second kappa shape index (κ2) is 7.55. The quantitative estimate of drug-likeness (QED) is 0.851. The van der Waals surface area contributed by atoms with Crippen LogP contribution in [-0.2, 0) is 16.7 Å². The molecule has 140 valence electrons. The van der Waals surface area contributed by atoms with Crippen LogP contribution < -0.4 is 4.80 Å². The topological polar surface area (TPSA) is 63.8 Å². The van der Waals surface area contributed by atoms with Gasteiger partial charge in [0.1, 0.15) is 5.75 Å². The van der Waals surface area contributed by atoms with Gasteiger partial charge in [0, 0.05) is 22.7 Å². The van der Waals surface area contributed by atoms with Gasteiger partial charge in [0.05, 0.1) is 18.2 Å². The summed E-state index contributed by atoms with van der Waals surface area (Å²) in [4.78, 5) is 18.6. The predicted octanol–water partition coefficient (Wildman–Crippen LogP) is 4.13. The van der Waals surface area contributed by atoms with Gasteiger partial charge in [0.2, 0.25) is 0 Å². The third-order valence-corrected chi connectivity index (χ3v) is 5.95. The number of aromatic hydroxyl groups is 1. The molecule has 0 saturated carbocycles. The van der Waals surface area contributed by atoms with E-state index >= 15 is 0 Å². The molecule has 0 aliphatic carbocycles. The van der Waals surface area contributed by atoms with Crippen LogP contribution in [0.15, 0.2) is 29.4 Å². The Hall–Kier alpha value is -1.63. The van der Waals surface area contributed by atoms with E-state index in [-0.39, 0.29) is 22.8 Å². The molecular formula is C19H23ClN2O3S. The molecule has 5 nitrogen and oxygen atoms in total. The van der Waals surface area contributed by atoms with Crippen molar-refractivity contribution in [2.24, 2.45) is 4.99 Å². The van der Waals surface area contributed by atoms with Gasteiger partial charge in [-0.2, -0.15) is 4.99 Å². The molecule has 2 heterocycles. The molecule has 0 unspecified atom stereocenters. The highest BCUT2D eigenvalue weighted by Crippen LogP contribution is 2.26. The van der Waals surface area contributed by atoms with Gasteiger partial charge in [-0.25, -0.2) is 0 Å². The Morgan fingerprint density at radius 3 is 2.88 bits per heavy atom. The fraction of sp³-hybridized carbons (Fsp3) is 0.474. The number of phenolic OH excluding ortho intramolecular Hbond substituents is 1. The molecule has 0 radical (unpaired) electrons. The summed E-state index contributed by atoms with van der Waals surface area (Å²) in [5.74, 6) is -0.630. The van der Waals surface area contributed by atoms with Crippen LogP contribution in [0.5, 0.6) is 5.75 Å². The minimum atomic E-state index is -0.506. The average molecular weight is 395 g/mol. The molecule has 1 atom stereocenters. The van der Waals surface area contributed by atoms with Crippen molar-refractivity contribution >= 4 is 28.8 Å². The van der Waals surface area contributed by atoms with E-state index in [1.54, 1.807) is 0 Å². The Balaban J connectivity index is 2.00. The van der Waals surface area contributed by atoms with Crippen molar-refractivity contribution in [1.29, 1.82) is 0 Å². The minimum absolute atomic E-state index is 0.0437. The highest BCUT2D eigenvalue weighted by Gasteiger charge is 2.22. The number of hydrogen-bond donors (Lipinski definition) is 1. The summed E-state index contributed by atoms with van der Waals surface area (Å²) in [6, 6.07) is 4.38. The number of ether oxygens (including phenoxy) is 1. The number of phenols is 1. The number of carbonyl (C=O) groups excluding carboxylic acids is 1. The number of halogens is 1. The summed E-state index contributed by atoms with van der Waals surface area (Å²) in [5, 5.41) is 10.3. The van der Waals surface area contributed by atoms with Crippen molar-refractivity contribution in [3.63, 3.8) is 0 Å². The summed E-state index contributed by atoms with van der Waals surface area (Å²) in [6.45, 7) is 7.83. The standard InChI is InChI=1S/C19H23ClN2O3S/c1-19(2,3)16-11-22(10-13-5-4-8-25-13)18(26-16)21-17(24)14-9-12(20)6-7-15(14)23/h6-7,9,11,13,23H,4-5,8,10H2,1-3H3/t13-/m1/s1. The van der Waals surface area contributed by atoms with Gasteiger partial charge in [0.15, 0.2) is 4.80 Å². The maximum atomic E-state index is 12.6. The van der Waals surface area contributed by atoms with Gasteiger partial charge in [-0.05, 0) is 36.5 Å². The van der Waals surface area contributed by atoms with E-state index in [2.05, 4.69) is 32.0 Å². The van der Waals surface area contributed by atoms with Crippen molar-refractivity contribution in [3.05, 3.63) is 44.7 Å². The van der Waals surface area contributed by atoms with E-state index in [4.69, 9.17) is 16.3 Å². The van der Waals surface area contributed by atoms with Crippen LogP contribution >= 0.6 is 22.9 Å². The second-order valence-electron chi connectivity index (χ2n) is 7.49. The van der Waals surface area contributed by atoms with Gasteiger partial charge in [-0.1, -0.05) is 32.4 Å². The molecule has 0 bridgehead atoms. The van der Waals surface area contributed by atoms with Crippen LogP contribution in [0.4, 0.5) is 0 Å². The molecule has 7 heteroatoms. The first-order valence-electron chi connectivity index (χ1n) is 8.64. The molecule has 1 aromatic heterocycles. The average Bonchev–Trinajstić information content (AvgIpc) is 3.20. The van der Waals surface area contributed by atoms with Crippen LogP contribution in [0, 0.1) is 0 Å². The summed E-state index contributed by atoms with van der Waals surface area (Å²) >= 11 is 7.44. The van der Waals surface area contributed by atoms with Crippen LogP contribution in [0.1, 0.15) is 48.8 Å². The maximum Gasteiger partial charge on any atom is 0.283 e. The normalized spacial score (nSPS) is 18.5. The molecule has 0 spiro atoms. The molecule has 26 heavy (non-hydrogen) atoms. The highest BCUT2D eigenvalue weighted by atomic mass is 35.5. The van der Waals surface area contributed by atoms with E-state index in [1.807, 2.05) is 4.57 Å². The zero-order chi connectivity index (χ0) is 18.9. The Morgan fingerprint density at radius 2 is 2.23 bits per heavy atom. The van der Waals surface area contributed by atoms with E-state index in [9.17, 15) is 9.90 Å². The zero-order valence-electron chi connectivity index (χ0n) is 15.2. The summed E-state index contributed by atoms with van der Waals surface area (Å²) in [6.07, 6.45) is 4.27. The van der Waals surface area contributed by atoms with Gasteiger partial charge >= 0.3 is 0 Å². The molecule has 3 rings (SSSR count). The Kier molecular flexibility index (Phi) is 5.55. The number of amides is 1. The SMILES string of the molecule is CC(C)(C)c1cn(C[C@H]2CCCO2)c(=NC(=O)c2cc(Cl)ccc2O)s1. The smallest absolute Gasteiger partial charge is 0.283 e. The lowest BCUT2D eigenvalue weighted by atomic mass is 9.95. The first kappa shape index (κ1) is 19.1. The Labute approximate surface area is 161 Å². The lowest BCUT2D eigenvalue weighted by Crippen LogP contribution is -2.23. The van der Waals surface area contributed by atoms with Crippen molar-refractivity contribution in [3.8, 4) is 5.75 Å². The van der Waals surface area contributed by atoms with Gasteiger partial charge in [0.25, 0.3) is 5.91 Å². The monoisotopic (exact) mass is 394 g/mol. The number of aromatic nitrogens is 1. The second-order valence-corrected chi connectivity index (χ2v) is 8.94. The maximum absolute atomic E-state index is 12.6. The van der Waals surface area contributed by atoms with Gasteiger partial charge in [-0.3, -0.25) is 4.79 Å².